The smallest absolute Gasteiger partial charge is 0.171 e. The minimum atomic E-state index is -6.10. The van der Waals surface area contributed by atoms with Gasteiger partial charge in [0.05, 0.1) is 24.2 Å². The van der Waals surface area contributed by atoms with Crippen LogP contribution in [0.15, 0.2) is 0 Å². The lowest BCUT2D eigenvalue weighted by atomic mass is 9.79. The topological polar surface area (TPSA) is 0 Å². The van der Waals surface area contributed by atoms with E-state index in [2.05, 4.69) is 0 Å². The second kappa shape index (κ2) is 5.75. The van der Waals surface area contributed by atoms with E-state index in [9.17, 15) is 52.7 Å². The summed E-state index contributed by atoms with van der Waals surface area (Å²) in [5.74, 6) is -12.1. The molecule has 0 bridgehead atoms. The molecular weight excluding hydrogens is 336 g/mol. The summed E-state index contributed by atoms with van der Waals surface area (Å²) >= 11 is 0. The minimum absolute atomic E-state index is 0.229. The first kappa shape index (κ1) is 20.2. The van der Waals surface area contributed by atoms with Crippen LogP contribution in [0.5, 0.6) is 0 Å². The van der Waals surface area contributed by atoms with Crippen LogP contribution in [0, 0.1) is 17.8 Å². The second-order valence-electron chi connectivity index (χ2n) is 4.37. The second-order valence-corrected chi connectivity index (χ2v) is 4.37. The van der Waals surface area contributed by atoms with Gasteiger partial charge in [0, 0.05) is 0 Å². The van der Waals surface area contributed by atoms with E-state index in [4.69, 9.17) is 0 Å². The summed E-state index contributed by atoms with van der Waals surface area (Å²) in [7, 11) is 0. The summed E-state index contributed by atoms with van der Waals surface area (Å²) in [6.45, 7) is -0.229. The molecule has 0 amide bonds. The van der Waals surface area contributed by atoms with E-state index in [1.165, 1.54) is 0 Å². The summed E-state index contributed by atoms with van der Waals surface area (Å²) in [5, 5.41) is 0. The summed E-state index contributed by atoms with van der Waals surface area (Å²) in [6.07, 6.45) is -26.7. The molecule has 3 atom stereocenters. The fourth-order valence-electron chi connectivity index (χ4n) is 1.76. The van der Waals surface area contributed by atoms with Gasteiger partial charge in [0.2, 0.25) is 0 Å². The quantitative estimate of drug-likeness (QED) is 0.594. The van der Waals surface area contributed by atoms with Crippen molar-refractivity contribution in [3.8, 4) is 0 Å². The SMILES string of the molecule is CC(C(C(CC(F)(F)F)C(F)(F)F)C(F)(F)F)C(F)(F)F. The van der Waals surface area contributed by atoms with Crippen LogP contribution in [0.1, 0.15) is 13.3 Å². The number of hydrogen-bond donors (Lipinski definition) is 0. The van der Waals surface area contributed by atoms with Crippen molar-refractivity contribution in [1.82, 2.24) is 0 Å². The highest BCUT2D eigenvalue weighted by Gasteiger charge is 2.63. The third-order valence-electron chi connectivity index (χ3n) is 2.74. The van der Waals surface area contributed by atoms with Crippen molar-refractivity contribution in [3.63, 3.8) is 0 Å². The van der Waals surface area contributed by atoms with E-state index in [0.29, 0.717) is 0 Å². The van der Waals surface area contributed by atoms with Crippen LogP contribution in [-0.2, 0) is 0 Å². The fraction of sp³-hybridized carbons (Fsp3) is 1.00. The van der Waals surface area contributed by atoms with Gasteiger partial charge in [0.1, 0.15) is 0 Å². The van der Waals surface area contributed by atoms with E-state index >= 15 is 0 Å². The molecule has 0 fully saturated rings. The molecule has 128 valence electrons. The van der Waals surface area contributed by atoms with E-state index in [1.54, 1.807) is 0 Å². The summed E-state index contributed by atoms with van der Waals surface area (Å²) in [4.78, 5) is 0. The normalized spacial score (nSPS) is 19.3. The van der Waals surface area contributed by atoms with Crippen LogP contribution >= 0.6 is 0 Å². The van der Waals surface area contributed by atoms with Gasteiger partial charge in [0.25, 0.3) is 0 Å². The zero-order chi connectivity index (χ0) is 17.4. The van der Waals surface area contributed by atoms with Crippen molar-refractivity contribution < 1.29 is 52.7 Å². The number of rotatable bonds is 3. The van der Waals surface area contributed by atoms with Crippen molar-refractivity contribution in [2.75, 3.05) is 0 Å². The molecule has 0 aromatic carbocycles. The number of hydrogen-bond acceptors (Lipinski definition) is 0. The molecule has 3 unspecified atom stereocenters. The number of alkyl halides is 12. The Balaban J connectivity index is 5.84. The van der Waals surface area contributed by atoms with Crippen molar-refractivity contribution in [3.05, 3.63) is 0 Å². The van der Waals surface area contributed by atoms with Gasteiger partial charge in [-0.25, -0.2) is 0 Å². The van der Waals surface area contributed by atoms with Crippen LogP contribution in [0.4, 0.5) is 52.7 Å². The van der Waals surface area contributed by atoms with E-state index in [0.717, 1.165) is 0 Å². The molecule has 21 heavy (non-hydrogen) atoms. The number of halogens is 12. The van der Waals surface area contributed by atoms with Crippen LogP contribution in [-0.4, -0.2) is 24.7 Å². The Kier molecular flexibility index (Phi) is 5.52. The van der Waals surface area contributed by atoms with Gasteiger partial charge >= 0.3 is 24.7 Å². The largest absolute Gasteiger partial charge is 0.393 e. The Morgan fingerprint density at radius 2 is 1.00 bits per heavy atom. The highest BCUT2D eigenvalue weighted by molar-refractivity contribution is 4.89. The van der Waals surface area contributed by atoms with E-state index < -0.39 is 48.9 Å². The molecule has 0 saturated heterocycles. The maximum Gasteiger partial charge on any atom is 0.393 e. The minimum Gasteiger partial charge on any atom is -0.171 e. The highest BCUT2D eigenvalue weighted by atomic mass is 19.4. The summed E-state index contributed by atoms with van der Waals surface area (Å²) in [5.41, 5.74) is 0. The van der Waals surface area contributed by atoms with E-state index in [-0.39, 0.29) is 6.92 Å². The van der Waals surface area contributed by atoms with Gasteiger partial charge in [-0.3, -0.25) is 0 Å². The predicted molar refractivity (Wildman–Crippen MR) is 45.0 cm³/mol. The molecule has 0 aliphatic rings. The lowest BCUT2D eigenvalue weighted by molar-refractivity contribution is -0.311. The Morgan fingerprint density at radius 3 is 1.19 bits per heavy atom. The van der Waals surface area contributed by atoms with Crippen LogP contribution in [0.3, 0.4) is 0 Å². The van der Waals surface area contributed by atoms with Gasteiger partial charge in [-0.05, 0) is 0 Å². The maximum absolute atomic E-state index is 12.5. The van der Waals surface area contributed by atoms with Crippen molar-refractivity contribution in [2.45, 2.75) is 38.0 Å². The summed E-state index contributed by atoms with van der Waals surface area (Å²) in [6, 6.07) is 0. The average molecular weight is 344 g/mol. The molecule has 0 aliphatic heterocycles. The molecule has 0 aliphatic carbocycles. The van der Waals surface area contributed by atoms with Gasteiger partial charge < -0.3 is 0 Å². The fourth-order valence-corrected chi connectivity index (χ4v) is 1.76. The maximum atomic E-state index is 12.5. The molecule has 0 N–H and O–H groups in total. The van der Waals surface area contributed by atoms with Crippen molar-refractivity contribution in [1.29, 1.82) is 0 Å². The molecule has 0 nitrogen and oxygen atoms in total. The molecule has 0 aromatic rings. The first-order chi connectivity index (χ1) is 8.87. The zero-order valence-corrected chi connectivity index (χ0v) is 9.97. The first-order valence-corrected chi connectivity index (χ1v) is 5.14. The highest BCUT2D eigenvalue weighted by Crippen LogP contribution is 2.51. The standard InChI is InChI=1S/C9H8F12/c1-3(7(13,14)15)5(9(19,20)21)4(8(16,17)18)2-6(10,11)12/h3-5H,2H2,1H3. The monoisotopic (exact) mass is 344 g/mol. The van der Waals surface area contributed by atoms with Gasteiger partial charge in [-0.2, -0.15) is 52.7 Å². The Bertz CT molecular complexity index is 329. The third kappa shape index (κ3) is 6.20. The molecule has 12 heteroatoms. The van der Waals surface area contributed by atoms with Gasteiger partial charge in [0.15, 0.2) is 0 Å². The van der Waals surface area contributed by atoms with Crippen molar-refractivity contribution in [2.24, 2.45) is 17.8 Å². The average Bonchev–Trinajstić information content (AvgIpc) is 2.08. The van der Waals surface area contributed by atoms with Crippen molar-refractivity contribution >= 4 is 0 Å². The molecule has 0 saturated carbocycles. The molecule has 0 radical (unpaired) electrons. The lowest BCUT2D eigenvalue weighted by Gasteiger charge is -2.35. The van der Waals surface area contributed by atoms with Crippen LogP contribution < -0.4 is 0 Å². The lowest BCUT2D eigenvalue weighted by Crippen LogP contribution is -2.48. The zero-order valence-electron chi connectivity index (χ0n) is 9.97. The third-order valence-corrected chi connectivity index (χ3v) is 2.74. The first-order valence-electron chi connectivity index (χ1n) is 5.14. The Morgan fingerprint density at radius 1 is 0.619 bits per heavy atom. The molecule has 0 aromatic heterocycles. The molecule has 0 spiro atoms. The van der Waals surface area contributed by atoms with Crippen LogP contribution in [0.25, 0.3) is 0 Å². The van der Waals surface area contributed by atoms with Gasteiger partial charge in [-0.1, -0.05) is 6.92 Å². The Hall–Kier alpha value is -0.840. The van der Waals surface area contributed by atoms with Gasteiger partial charge in [-0.15, -0.1) is 0 Å². The molecule has 0 rings (SSSR count). The van der Waals surface area contributed by atoms with E-state index in [1.807, 2.05) is 0 Å². The van der Waals surface area contributed by atoms with Crippen LogP contribution in [0.2, 0.25) is 0 Å². The molecular formula is C9H8F12. The molecule has 0 heterocycles. The summed E-state index contributed by atoms with van der Waals surface area (Å²) < 4.78 is 147. The Labute approximate surface area is 110 Å². The predicted octanol–water partition coefficient (Wildman–Crippen LogP) is 5.49.